The molecule has 2 rings (SSSR count). The standard InChI is InChI=1S/C22H30N4O3S/c1-6-25(7-2)20(28)12-18-14-30-22(23-18)24-19(27)13-26(15(3)4)21(29)17-10-8-16(5)9-11-17/h8-11,14-15H,6-7,12-13H2,1-5H3,(H,23,24,27). The average molecular weight is 431 g/mol. The normalized spacial score (nSPS) is 10.7. The van der Waals surface area contributed by atoms with Crippen LogP contribution in [0.1, 0.15) is 49.3 Å². The van der Waals surface area contributed by atoms with Crippen molar-refractivity contribution >= 4 is 34.2 Å². The van der Waals surface area contributed by atoms with E-state index in [4.69, 9.17) is 0 Å². The van der Waals surface area contributed by atoms with E-state index in [9.17, 15) is 14.4 Å². The lowest BCUT2D eigenvalue weighted by Gasteiger charge is -2.26. The van der Waals surface area contributed by atoms with E-state index in [1.165, 1.54) is 16.2 Å². The van der Waals surface area contributed by atoms with Crippen LogP contribution in [0, 0.1) is 6.92 Å². The Kier molecular flexibility index (Phi) is 8.53. The largest absolute Gasteiger partial charge is 0.343 e. The maximum atomic E-state index is 12.8. The minimum absolute atomic E-state index is 0.0119. The highest BCUT2D eigenvalue weighted by atomic mass is 32.1. The van der Waals surface area contributed by atoms with Crippen LogP contribution >= 0.6 is 11.3 Å². The van der Waals surface area contributed by atoms with Crippen molar-refractivity contribution in [1.29, 1.82) is 0 Å². The third kappa shape index (κ3) is 6.38. The monoisotopic (exact) mass is 430 g/mol. The maximum Gasteiger partial charge on any atom is 0.254 e. The first-order chi connectivity index (χ1) is 14.2. The van der Waals surface area contributed by atoms with Crippen molar-refractivity contribution < 1.29 is 14.4 Å². The van der Waals surface area contributed by atoms with Crippen LogP contribution in [0.2, 0.25) is 0 Å². The van der Waals surface area contributed by atoms with E-state index >= 15 is 0 Å². The molecular formula is C22H30N4O3S. The number of anilines is 1. The summed E-state index contributed by atoms with van der Waals surface area (Å²) in [5.41, 5.74) is 2.25. The second-order valence-electron chi connectivity index (χ2n) is 7.33. The molecule has 8 heteroatoms. The van der Waals surface area contributed by atoms with Crippen molar-refractivity contribution in [2.75, 3.05) is 25.0 Å². The van der Waals surface area contributed by atoms with Gasteiger partial charge >= 0.3 is 0 Å². The number of amides is 3. The fourth-order valence-corrected chi connectivity index (χ4v) is 3.68. The molecule has 0 bridgehead atoms. The number of hydrogen-bond acceptors (Lipinski definition) is 5. The summed E-state index contributed by atoms with van der Waals surface area (Å²) in [6.07, 6.45) is 0.206. The van der Waals surface area contributed by atoms with Crippen molar-refractivity contribution in [3.05, 3.63) is 46.5 Å². The van der Waals surface area contributed by atoms with Crippen LogP contribution in [0.15, 0.2) is 29.6 Å². The highest BCUT2D eigenvalue weighted by Crippen LogP contribution is 2.17. The Hall–Kier alpha value is -2.74. The van der Waals surface area contributed by atoms with Gasteiger partial charge in [-0.1, -0.05) is 17.7 Å². The molecule has 30 heavy (non-hydrogen) atoms. The van der Waals surface area contributed by atoms with Gasteiger partial charge in [0.1, 0.15) is 6.54 Å². The van der Waals surface area contributed by atoms with Crippen molar-refractivity contribution in [1.82, 2.24) is 14.8 Å². The summed E-state index contributed by atoms with van der Waals surface area (Å²) in [5.74, 6) is -0.497. The maximum absolute atomic E-state index is 12.8. The zero-order chi connectivity index (χ0) is 22.3. The van der Waals surface area contributed by atoms with Gasteiger partial charge in [-0.25, -0.2) is 4.98 Å². The van der Waals surface area contributed by atoms with E-state index in [0.29, 0.717) is 29.5 Å². The van der Waals surface area contributed by atoms with E-state index in [2.05, 4.69) is 10.3 Å². The number of rotatable bonds is 9. The molecule has 1 aromatic heterocycles. The lowest BCUT2D eigenvalue weighted by Crippen LogP contribution is -2.42. The van der Waals surface area contributed by atoms with Crippen molar-refractivity contribution in [3.8, 4) is 0 Å². The van der Waals surface area contributed by atoms with Crippen LogP contribution in [0.4, 0.5) is 5.13 Å². The van der Waals surface area contributed by atoms with Crippen LogP contribution in [0.3, 0.4) is 0 Å². The summed E-state index contributed by atoms with van der Waals surface area (Å²) in [7, 11) is 0. The predicted molar refractivity (Wildman–Crippen MR) is 120 cm³/mol. The summed E-state index contributed by atoms with van der Waals surface area (Å²) in [5, 5.41) is 4.94. The van der Waals surface area contributed by atoms with Crippen LogP contribution in [0.5, 0.6) is 0 Å². The topological polar surface area (TPSA) is 82.6 Å². The van der Waals surface area contributed by atoms with Crippen molar-refractivity contribution in [2.45, 2.75) is 47.1 Å². The molecule has 0 aliphatic carbocycles. The number of carbonyl (C=O) groups is 3. The van der Waals surface area contributed by atoms with Crippen LogP contribution in [-0.4, -0.2) is 58.2 Å². The number of aromatic nitrogens is 1. The number of thiazole rings is 1. The molecule has 0 saturated heterocycles. The number of nitrogens with zero attached hydrogens (tertiary/aromatic N) is 3. The summed E-state index contributed by atoms with van der Waals surface area (Å²) < 4.78 is 0. The summed E-state index contributed by atoms with van der Waals surface area (Å²) in [6.45, 7) is 10.8. The summed E-state index contributed by atoms with van der Waals surface area (Å²) >= 11 is 1.27. The second-order valence-corrected chi connectivity index (χ2v) is 8.19. The summed E-state index contributed by atoms with van der Waals surface area (Å²) in [6, 6.07) is 7.16. The molecule has 0 spiro atoms. The Labute approximate surface area is 182 Å². The van der Waals surface area contributed by atoms with Gasteiger partial charge in [0.25, 0.3) is 5.91 Å². The van der Waals surface area contributed by atoms with Crippen molar-refractivity contribution in [2.24, 2.45) is 0 Å². The van der Waals surface area contributed by atoms with Gasteiger partial charge in [0.15, 0.2) is 5.13 Å². The first kappa shape index (κ1) is 23.5. The van der Waals surface area contributed by atoms with E-state index < -0.39 is 0 Å². The third-order valence-electron chi connectivity index (χ3n) is 4.74. The van der Waals surface area contributed by atoms with Gasteiger partial charge in [0.05, 0.1) is 12.1 Å². The molecule has 1 aromatic carbocycles. The Morgan fingerprint density at radius 2 is 1.73 bits per heavy atom. The Balaban J connectivity index is 1.99. The molecule has 0 saturated carbocycles. The molecule has 0 fully saturated rings. The number of likely N-dealkylation sites (N-methyl/N-ethyl adjacent to an activating group) is 1. The average Bonchev–Trinajstić information content (AvgIpc) is 3.13. The fraction of sp³-hybridized carbons (Fsp3) is 0.455. The molecular weight excluding hydrogens is 400 g/mol. The molecule has 1 heterocycles. The lowest BCUT2D eigenvalue weighted by molar-refractivity contribution is -0.130. The molecule has 162 valence electrons. The fourth-order valence-electron chi connectivity index (χ4n) is 2.95. The van der Waals surface area contributed by atoms with E-state index in [1.807, 2.05) is 46.8 Å². The van der Waals surface area contributed by atoms with E-state index in [0.717, 1.165) is 5.56 Å². The highest BCUT2D eigenvalue weighted by molar-refractivity contribution is 7.13. The lowest BCUT2D eigenvalue weighted by atomic mass is 10.1. The molecule has 7 nitrogen and oxygen atoms in total. The quantitative estimate of drug-likeness (QED) is 0.661. The van der Waals surface area contributed by atoms with Crippen LogP contribution in [-0.2, 0) is 16.0 Å². The first-order valence-corrected chi connectivity index (χ1v) is 11.0. The minimum atomic E-state index is -0.319. The first-order valence-electron chi connectivity index (χ1n) is 10.1. The number of nitrogens with one attached hydrogen (secondary N) is 1. The van der Waals surface area contributed by atoms with Gasteiger partial charge in [-0.15, -0.1) is 11.3 Å². The van der Waals surface area contributed by atoms with Gasteiger partial charge in [0, 0.05) is 30.1 Å². The predicted octanol–water partition coefficient (Wildman–Crippen LogP) is 3.35. The molecule has 1 N–H and O–H groups in total. The van der Waals surface area contributed by atoms with Crippen LogP contribution in [0.25, 0.3) is 0 Å². The number of hydrogen-bond donors (Lipinski definition) is 1. The Morgan fingerprint density at radius 1 is 1.10 bits per heavy atom. The van der Waals surface area contributed by atoms with E-state index in [-0.39, 0.29) is 36.7 Å². The highest BCUT2D eigenvalue weighted by Gasteiger charge is 2.22. The smallest absolute Gasteiger partial charge is 0.254 e. The van der Waals surface area contributed by atoms with Gasteiger partial charge in [-0.3, -0.25) is 14.4 Å². The van der Waals surface area contributed by atoms with Gasteiger partial charge in [-0.2, -0.15) is 0 Å². The third-order valence-corrected chi connectivity index (χ3v) is 5.55. The molecule has 0 radical (unpaired) electrons. The zero-order valence-corrected chi connectivity index (χ0v) is 19.1. The summed E-state index contributed by atoms with van der Waals surface area (Å²) in [4.78, 5) is 45.2. The van der Waals surface area contributed by atoms with Gasteiger partial charge < -0.3 is 15.1 Å². The number of carbonyl (C=O) groups excluding carboxylic acids is 3. The number of benzene rings is 1. The Bertz CT molecular complexity index is 873. The van der Waals surface area contributed by atoms with E-state index in [1.54, 1.807) is 22.4 Å². The van der Waals surface area contributed by atoms with Crippen molar-refractivity contribution in [3.63, 3.8) is 0 Å². The van der Waals surface area contributed by atoms with Crippen LogP contribution < -0.4 is 5.32 Å². The molecule has 0 unspecified atom stereocenters. The molecule has 3 amide bonds. The molecule has 0 aliphatic rings. The van der Waals surface area contributed by atoms with Gasteiger partial charge in [0.2, 0.25) is 11.8 Å². The van der Waals surface area contributed by atoms with Gasteiger partial charge in [-0.05, 0) is 46.8 Å². The molecule has 0 aliphatic heterocycles. The molecule has 0 atom stereocenters. The SMILES string of the molecule is CCN(CC)C(=O)Cc1csc(NC(=O)CN(C(=O)c2ccc(C)cc2)C(C)C)n1. The minimum Gasteiger partial charge on any atom is -0.343 e. The second kappa shape index (κ2) is 10.9. The zero-order valence-electron chi connectivity index (χ0n) is 18.3. The number of aryl methyl sites for hydroxylation is 1. The molecule has 2 aromatic rings. The Morgan fingerprint density at radius 3 is 2.30 bits per heavy atom.